The van der Waals surface area contributed by atoms with Gasteiger partial charge in [0.25, 0.3) is 5.91 Å². The number of aromatic nitrogens is 1. The van der Waals surface area contributed by atoms with Gasteiger partial charge in [0.2, 0.25) is 0 Å². The number of halogens is 3. The Morgan fingerprint density at radius 3 is 2.50 bits per heavy atom. The van der Waals surface area contributed by atoms with Gasteiger partial charge in [0.1, 0.15) is 11.3 Å². The standard InChI is InChI=1S/C21H23F2N3O2S.ClH/c1-13-6-9-17(28-4)18-19(13)29-21(24-18)26(11-5-10-25(2)3)20(27)14-7-8-15(22)16(23)12-14;/h6-9,12H,5,10-11H2,1-4H3;1H. The first-order valence-electron chi connectivity index (χ1n) is 9.17. The van der Waals surface area contributed by atoms with E-state index in [1.807, 2.05) is 38.1 Å². The molecule has 0 unspecified atom stereocenters. The molecule has 30 heavy (non-hydrogen) atoms. The number of nitrogens with zero attached hydrogens (tertiary/aromatic N) is 3. The average Bonchev–Trinajstić information content (AvgIpc) is 3.13. The topological polar surface area (TPSA) is 45.7 Å². The molecule has 0 aliphatic carbocycles. The predicted octanol–water partition coefficient (Wildman–Crippen LogP) is 4.91. The van der Waals surface area contributed by atoms with E-state index in [0.717, 1.165) is 28.9 Å². The molecular formula is C21H24ClF2N3O2S. The quantitative estimate of drug-likeness (QED) is 0.507. The summed E-state index contributed by atoms with van der Waals surface area (Å²) in [5, 5.41) is 0.501. The maximum Gasteiger partial charge on any atom is 0.260 e. The van der Waals surface area contributed by atoms with E-state index < -0.39 is 17.5 Å². The first-order valence-corrected chi connectivity index (χ1v) is 9.99. The van der Waals surface area contributed by atoms with Crippen LogP contribution < -0.4 is 9.64 Å². The maximum atomic E-state index is 13.7. The van der Waals surface area contributed by atoms with Crippen LogP contribution in [0, 0.1) is 18.6 Å². The molecular weight excluding hydrogens is 432 g/mol. The smallest absolute Gasteiger partial charge is 0.260 e. The van der Waals surface area contributed by atoms with E-state index in [-0.39, 0.29) is 18.0 Å². The van der Waals surface area contributed by atoms with Crippen molar-refractivity contribution in [1.29, 1.82) is 0 Å². The van der Waals surface area contributed by atoms with Crippen molar-refractivity contribution in [1.82, 2.24) is 9.88 Å². The maximum absolute atomic E-state index is 13.7. The van der Waals surface area contributed by atoms with Gasteiger partial charge in [-0.05, 0) is 63.8 Å². The summed E-state index contributed by atoms with van der Waals surface area (Å²) < 4.78 is 33.3. The zero-order valence-electron chi connectivity index (χ0n) is 17.2. The van der Waals surface area contributed by atoms with Gasteiger partial charge in [-0.15, -0.1) is 12.4 Å². The number of ether oxygens (including phenoxy) is 1. The number of carbonyl (C=O) groups is 1. The van der Waals surface area contributed by atoms with Crippen molar-refractivity contribution in [3.8, 4) is 5.75 Å². The van der Waals surface area contributed by atoms with Crippen LogP contribution in [0.5, 0.6) is 5.75 Å². The van der Waals surface area contributed by atoms with Crippen LogP contribution in [0.4, 0.5) is 13.9 Å². The summed E-state index contributed by atoms with van der Waals surface area (Å²) >= 11 is 1.38. The Kier molecular flexibility index (Phi) is 8.11. The van der Waals surface area contributed by atoms with Crippen molar-refractivity contribution in [2.75, 3.05) is 39.2 Å². The molecule has 0 spiro atoms. The Labute approximate surface area is 184 Å². The molecule has 0 saturated carbocycles. The van der Waals surface area contributed by atoms with Crippen LogP contribution in [-0.4, -0.2) is 50.1 Å². The summed E-state index contributed by atoms with van der Waals surface area (Å²) in [6, 6.07) is 6.96. The fourth-order valence-electron chi connectivity index (χ4n) is 2.99. The van der Waals surface area contributed by atoms with Crippen molar-refractivity contribution >= 4 is 45.0 Å². The molecule has 3 aromatic rings. The van der Waals surface area contributed by atoms with Crippen molar-refractivity contribution in [3.05, 3.63) is 53.1 Å². The molecule has 1 amide bonds. The predicted molar refractivity (Wildman–Crippen MR) is 119 cm³/mol. The number of hydrogen-bond acceptors (Lipinski definition) is 5. The molecule has 3 rings (SSSR count). The summed E-state index contributed by atoms with van der Waals surface area (Å²) in [6.45, 7) is 3.14. The minimum absolute atomic E-state index is 0. The fourth-order valence-corrected chi connectivity index (χ4v) is 4.07. The van der Waals surface area contributed by atoms with Gasteiger partial charge in [0, 0.05) is 12.1 Å². The van der Waals surface area contributed by atoms with Crippen molar-refractivity contribution in [2.45, 2.75) is 13.3 Å². The van der Waals surface area contributed by atoms with Crippen LogP contribution in [0.1, 0.15) is 22.3 Å². The lowest BCUT2D eigenvalue weighted by Crippen LogP contribution is -2.33. The Morgan fingerprint density at radius 2 is 1.87 bits per heavy atom. The Morgan fingerprint density at radius 1 is 1.13 bits per heavy atom. The van der Waals surface area contributed by atoms with Gasteiger partial charge in [-0.2, -0.15) is 0 Å². The Hall–Kier alpha value is -2.29. The number of hydrogen-bond donors (Lipinski definition) is 0. The number of anilines is 1. The van der Waals surface area contributed by atoms with Crippen LogP contribution in [0.2, 0.25) is 0 Å². The molecule has 0 radical (unpaired) electrons. The third-order valence-electron chi connectivity index (χ3n) is 4.54. The van der Waals surface area contributed by atoms with Gasteiger partial charge in [0.05, 0.1) is 11.8 Å². The van der Waals surface area contributed by atoms with Gasteiger partial charge < -0.3 is 9.64 Å². The third-order valence-corrected chi connectivity index (χ3v) is 5.76. The summed E-state index contributed by atoms with van der Waals surface area (Å²) in [5.74, 6) is -1.83. The number of carbonyl (C=O) groups excluding carboxylic acids is 1. The number of amides is 1. The van der Waals surface area contributed by atoms with Gasteiger partial charge in [0.15, 0.2) is 16.8 Å². The van der Waals surface area contributed by atoms with Gasteiger partial charge in [-0.3, -0.25) is 9.69 Å². The van der Waals surface area contributed by atoms with Gasteiger partial charge in [-0.1, -0.05) is 17.4 Å². The van der Waals surface area contributed by atoms with Crippen LogP contribution in [0.15, 0.2) is 30.3 Å². The molecule has 0 N–H and O–H groups in total. The number of aryl methyl sites for hydroxylation is 1. The van der Waals surface area contributed by atoms with E-state index in [2.05, 4.69) is 4.98 Å². The minimum atomic E-state index is -1.05. The van der Waals surface area contributed by atoms with Crippen LogP contribution in [0.25, 0.3) is 10.2 Å². The molecule has 0 bridgehead atoms. The molecule has 0 atom stereocenters. The van der Waals surface area contributed by atoms with Gasteiger partial charge >= 0.3 is 0 Å². The third kappa shape index (κ3) is 5.06. The second kappa shape index (κ2) is 10.1. The number of thiazole rings is 1. The molecule has 162 valence electrons. The van der Waals surface area contributed by atoms with Crippen LogP contribution in [0.3, 0.4) is 0 Å². The summed E-state index contributed by atoms with van der Waals surface area (Å²) in [6.07, 6.45) is 0.703. The Bertz CT molecular complexity index is 1040. The molecule has 2 aromatic carbocycles. The second-order valence-electron chi connectivity index (χ2n) is 7.00. The molecule has 0 aliphatic rings. The zero-order valence-corrected chi connectivity index (χ0v) is 18.9. The SMILES string of the molecule is COc1ccc(C)c2sc(N(CCCN(C)C)C(=O)c3ccc(F)c(F)c3)nc12.Cl. The molecule has 5 nitrogen and oxygen atoms in total. The molecule has 0 fully saturated rings. The largest absolute Gasteiger partial charge is 0.494 e. The lowest BCUT2D eigenvalue weighted by molar-refractivity contribution is 0.0985. The highest BCUT2D eigenvalue weighted by Crippen LogP contribution is 2.37. The highest BCUT2D eigenvalue weighted by Gasteiger charge is 2.23. The van der Waals surface area contributed by atoms with Crippen molar-refractivity contribution in [3.63, 3.8) is 0 Å². The van der Waals surface area contributed by atoms with Crippen molar-refractivity contribution in [2.24, 2.45) is 0 Å². The van der Waals surface area contributed by atoms with Crippen LogP contribution in [-0.2, 0) is 0 Å². The zero-order chi connectivity index (χ0) is 21.1. The normalized spacial score (nSPS) is 10.9. The highest BCUT2D eigenvalue weighted by molar-refractivity contribution is 7.22. The van der Waals surface area contributed by atoms with E-state index in [0.29, 0.717) is 29.4 Å². The summed E-state index contributed by atoms with van der Waals surface area (Å²) in [7, 11) is 5.48. The second-order valence-corrected chi connectivity index (χ2v) is 7.98. The van der Waals surface area contributed by atoms with Crippen LogP contribution >= 0.6 is 23.7 Å². The molecule has 1 aromatic heterocycles. The van der Waals surface area contributed by atoms with E-state index in [4.69, 9.17) is 4.74 Å². The van der Waals surface area contributed by atoms with E-state index in [1.54, 1.807) is 7.11 Å². The van der Waals surface area contributed by atoms with E-state index >= 15 is 0 Å². The number of benzene rings is 2. The lowest BCUT2D eigenvalue weighted by atomic mass is 10.2. The summed E-state index contributed by atoms with van der Waals surface area (Å²) in [5.41, 5.74) is 1.79. The van der Waals surface area contributed by atoms with Crippen molar-refractivity contribution < 1.29 is 18.3 Å². The molecule has 1 heterocycles. The van der Waals surface area contributed by atoms with E-state index in [9.17, 15) is 13.6 Å². The fraction of sp³-hybridized carbons (Fsp3) is 0.333. The number of fused-ring (bicyclic) bond motifs is 1. The average molecular weight is 456 g/mol. The monoisotopic (exact) mass is 455 g/mol. The molecule has 0 aliphatic heterocycles. The molecule has 0 saturated heterocycles. The number of methoxy groups -OCH3 is 1. The number of rotatable bonds is 7. The first-order chi connectivity index (χ1) is 13.8. The first kappa shape index (κ1) is 24.0. The minimum Gasteiger partial charge on any atom is -0.494 e. The Balaban J connectivity index is 0.00000320. The van der Waals surface area contributed by atoms with E-state index in [1.165, 1.54) is 22.3 Å². The molecule has 9 heteroatoms. The van der Waals surface area contributed by atoms with Gasteiger partial charge in [-0.25, -0.2) is 13.8 Å². The lowest BCUT2D eigenvalue weighted by Gasteiger charge is -2.21. The highest BCUT2D eigenvalue weighted by atomic mass is 35.5. The summed E-state index contributed by atoms with van der Waals surface area (Å²) in [4.78, 5) is 21.4.